The van der Waals surface area contributed by atoms with Crippen molar-refractivity contribution in [3.63, 3.8) is 0 Å². The Labute approximate surface area is 233 Å². The SMILES string of the molecule is C=CS(=O)(=O)CCNc1nc(NCCCOC)c(N=Nc2ccc(S(=O)(=O)C=C)cc2S(=O)(=O)O)c(C)c1C#N. The zero-order valence-electron chi connectivity index (χ0n) is 21.7. The van der Waals surface area contributed by atoms with Gasteiger partial charge < -0.3 is 15.4 Å². The van der Waals surface area contributed by atoms with Crippen LogP contribution in [0.1, 0.15) is 17.5 Å². The Morgan fingerprint density at radius 1 is 1.07 bits per heavy atom. The van der Waals surface area contributed by atoms with Gasteiger partial charge in [-0.2, -0.15) is 13.7 Å². The van der Waals surface area contributed by atoms with Crippen LogP contribution in [0.4, 0.5) is 23.0 Å². The van der Waals surface area contributed by atoms with Gasteiger partial charge in [0, 0.05) is 43.2 Å². The highest BCUT2D eigenvalue weighted by Gasteiger charge is 2.22. The van der Waals surface area contributed by atoms with Crippen LogP contribution in [-0.2, 0) is 34.5 Å². The molecular weight excluding hydrogens is 584 g/mol. The molecule has 3 N–H and O–H groups in total. The summed E-state index contributed by atoms with van der Waals surface area (Å²) in [5.74, 6) is -0.0920. The smallest absolute Gasteiger partial charge is 0.296 e. The van der Waals surface area contributed by atoms with Gasteiger partial charge in [0.05, 0.1) is 16.2 Å². The number of nitrogens with zero attached hydrogens (tertiary/aromatic N) is 4. The Hall–Kier alpha value is -3.69. The molecule has 0 amide bonds. The number of aromatic nitrogens is 1. The molecule has 1 aromatic carbocycles. The van der Waals surface area contributed by atoms with E-state index in [9.17, 15) is 35.1 Å². The summed E-state index contributed by atoms with van der Waals surface area (Å²) in [6, 6.07) is 4.81. The van der Waals surface area contributed by atoms with Crippen LogP contribution in [0.3, 0.4) is 0 Å². The predicted molar refractivity (Wildman–Crippen MR) is 149 cm³/mol. The van der Waals surface area contributed by atoms with E-state index in [1.54, 1.807) is 0 Å². The number of nitriles is 1. The quantitative estimate of drug-likeness (QED) is 0.150. The van der Waals surface area contributed by atoms with Crippen molar-refractivity contribution >= 4 is 52.8 Å². The van der Waals surface area contributed by atoms with Crippen LogP contribution in [0.15, 0.2) is 62.2 Å². The highest BCUT2D eigenvalue weighted by Crippen LogP contribution is 2.36. The maximum atomic E-state index is 12.1. The summed E-state index contributed by atoms with van der Waals surface area (Å²) in [5.41, 5.74) is -0.0495. The van der Waals surface area contributed by atoms with Crippen LogP contribution < -0.4 is 10.6 Å². The molecule has 0 unspecified atom stereocenters. The van der Waals surface area contributed by atoms with Crippen molar-refractivity contribution in [1.82, 2.24) is 4.98 Å². The Kier molecular flexibility index (Phi) is 11.0. The van der Waals surface area contributed by atoms with Crippen LogP contribution in [0.5, 0.6) is 0 Å². The average Bonchev–Trinajstić information content (AvgIpc) is 2.90. The average molecular weight is 613 g/mol. The third kappa shape index (κ3) is 8.40. The van der Waals surface area contributed by atoms with Crippen LogP contribution in [-0.4, -0.2) is 67.3 Å². The minimum atomic E-state index is -4.93. The molecule has 17 heteroatoms. The minimum absolute atomic E-state index is 0.0230. The van der Waals surface area contributed by atoms with Crippen LogP contribution in [0.2, 0.25) is 0 Å². The van der Waals surface area contributed by atoms with Crippen molar-refractivity contribution in [3.8, 4) is 6.07 Å². The Morgan fingerprint density at radius 3 is 2.33 bits per heavy atom. The lowest BCUT2D eigenvalue weighted by Gasteiger charge is -2.15. The molecule has 14 nitrogen and oxygen atoms in total. The highest BCUT2D eigenvalue weighted by molar-refractivity contribution is 7.94. The van der Waals surface area contributed by atoms with Crippen LogP contribution in [0, 0.1) is 18.3 Å². The second-order valence-corrected chi connectivity index (χ2v) is 13.4. The van der Waals surface area contributed by atoms with Gasteiger partial charge in [0.2, 0.25) is 0 Å². The monoisotopic (exact) mass is 612 g/mol. The van der Waals surface area contributed by atoms with Gasteiger partial charge in [-0.05, 0) is 31.5 Å². The summed E-state index contributed by atoms with van der Waals surface area (Å²) in [6.45, 7) is 8.67. The molecule has 0 bridgehead atoms. The third-order valence-corrected chi connectivity index (χ3v) is 8.81. The lowest BCUT2D eigenvalue weighted by atomic mass is 10.1. The molecule has 0 saturated heterocycles. The number of azo groups is 1. The lowest BCUT2D eigenvalue weighted by molar-refractivity contribution is 0.198. The first-order valence-corrected chi connectivity index (χ1v) is 16.1. The molecule has 2 aromatic rings. The van der Waals surface area contributed by atoms with E-state index >= 15 is 0 Å². The largest absolute Gasteiger partial charge is 0.385 e. The number of ether oxygens (including phenoxy) is 1. The normalized spacial score (nSPS) is 12.2. The molecule has 1 heterocycles. The topological polar surface area (TPSA) is 217 Å². The molecule has 0 saturated carbocycles. The summed E-state index contributed by atoms with van der Waals surface area (Å²) >= 11 is 0. The van der Waals surface area contributed by atoms with E-state index in [4.69, 9.17) is 4.74 Å². The third-order valence-electron chi connectivity index (χ3n) is 5.29. The van der Waals surface area contributed by atoms with Gasteiger partial charge in [-0.1, -0.05) is 13.2 Å². The van der Waals surface area contributed by atoms with Gasteiger partial charge in [0.15, 0.2) is 25.5 Å². The summed E-state index contributed by atoms with van der Waals surface area (Å²) in [6.07, 6.45) is 0.556. The van der Waals surface area contributed by atoms with Crippen LogP contribution >= 0.6 is 0 Å². The highest BCUT2D eigenvalue weighted by atomic mass is 32.2. The van der Waals surface area contributed by atoms with E-state index in [0.29, 0.717) is 25.0 Å². The number of sulfone groups is 2. The van der Waals surface area contributed by atoms with E-state index < -0.39 is 39.6 Å². The minimum Gasteiger partial charge on any atom is -0.385 e. The van der Waals surface area contributed by atoms with E-state index in [0.717, 1.165) is 23.6 Å². The van der Waals surface area contributed by atoms with Gasteiger partial charge in [-0.15, -0.1) is 10.2 Å². The lowest BCUT2D eigenvalue weighted by Crippen LogP contribution is -2.16. The van der Waals surface area contributed by atoms with E-state index in [1.165, 1.54) is 14.0 Å². The van der Waals surface area contributed by atoms with Gasteiger partial charge in [-0.25, -0.2) is 21.8 Å². The van der Waals surface area contributed by atoms with Crippen molar-refractivity contribution < 1.29 is 34.5 Å². The molecule has 40 heavy (non-hydrogen) atoms. The van der Waals surface area contributed by atoms with E-state index in [2.05, 4.69) is 39.0 Å². The molecule has 0 aliphatic rings. The second kappa shape index (κ2) is 13.6. The molecular formula is C23H28N6O8S3. The number of benzene rings is 1. The number of methoxy groups -OCH3 is 1. The molecule has 2 rings (SSSR count). The molecule has 0 spiro atoms. The maximum Gasteiger partial charge on any atom is 0.296 e. The summed E-state index contributed by atoms with van der Waals surface area (Å²) < 4.78 is 86.5. The second-order valence-electron chi connectivity index (χ2n) is 8.02. The maximum absolute atomic E-state index is 12.1. The van der Waals surface area contributed by atoms with Crippen molar-refractivity contribution in [2.45, 2.75) is 23.1 Å². The number of pyridine rings is 1. The van der Waals surface area contributed by atoms with Crippen molar-refractivity contribution in [2.24, 2.45) is 10.2 Å². The predicted octanol–water partition coefficient (Wildman–Crippen LogP) is 3.26. The van der Waals surface area contributed by atoms with Crippen molar-refractivity contribution in [3.05, 3.63) is 53.3 Å². The van der Waals surface area contributed by atoms with Gasteiger partial charge in [0.25, 0.3) is 10.1 Å². The fourth-order valence-corrected chi connectivity index (χ4v) is 5.19. The molecule has 0 fully saturated rings. The Bertz CT molecular complexity index is 1680. The standard InChI is InChI=1S/C23H28N6O8S3/c1-5-38(30,31)13-11-26-22-18(15-24)16(3)21(23(27-22)25-10-7-12-37-4)29-28-19-9-8-17(39(32,33)6-2)14-20(19)40(34,35)36/h5-6,8-9,14H,1-2,7,10-13H2,3-4H3,(H2,25,26,27)(H,34,35,36). The van der Waals surface area contributed by atoms with E-state index in [1.807, 2.05) is 6.07 Å². The van der Waals surface area contributed by atoms with Crippen molar-refractivity contribution in [1.29, 1.82) is 5.26 Å². The van der Waals surface area contributed by atoms with E-state index in [-0.39, 0.29) is 46.4 Å². The molecule has 0 aliphatic heterocycles. The number of hydrogen-bond donors (Lipinski definition) is 3. The Morgan fingerprint density at radius 2 is 1.75 bits per heavy atom. The van der Waals surface area contributed by atoms with Gasteiger partial charge >= 0.3 is 0 Å². The summed E-state index contributed by atoms with van der Waals surface area (Å²) in [4.78, 5) is 3.12. The zero-order chi connectivity index (χ0) is 30.1. The Balaban J connectivity index is 2.64. The number of anilines is 2. The molecule has 0 radical (unpaired) electrons. The van der Waals surface area contributed by atoms with Crippen molar-refractivity contribution in [2.75, 3.05) is 43.2 Å². The summed E-state index contributed by atoms with van der Waals surface area (Å²) in [7, 11) is -10.9. The first-order chi connectivity index (χ1) is 18.7. The first kappa shape index (κ1) is 32.5. The fraction of sp³-hybridized carbons (Fsp3) is 0.304. The van der Waals surface area contributed by atoms with Gasteiger partial charge in [0.1, 0.15) is 28.2 Å². The molecule has 0 aliphatic carbocycles. The van der Waals surface area contributed by atoms with Gasteiger partial charge in [-0.3, -0.25) is 4.55 Å². The number of rotatable bonds is 15. The zero-order valence-corrected chi connectivity index (χ0v) is 24.1. The number of nitrogens with one attached hydrogen (secondary N) is 2. The molecule has 216 valence electrons. The number of hydrogen-bond acceptors (Lipinski definition) is 13. The van der Waals surface area contributed by atoms with Crippen LogP contribution in [0.25, 0.3) is 0 Å². The molecule has 1 aromatic heterocycles. The first-order valence-electron chi connectivity index (χ1n) is 11.4. The summed E-state index contributed by atoms with van der Waals surface area (Å²) in [5, 5.41) is 25.1. The fourth-order valence-electron chi connectivity index (χ4n) is 3.18. The molecule has 0 atom stereocenters.